The Labute approximate surface area is 359 Å². The highest BCUT2D eigenvalue weighted by molar-refractivity contribution is 5.71. The summed E-state index contributed by atoms with van der Waals surface area (Å²) in [6.07, 6.45) is 49.8. The van der Waals surface area contributed by atoms with Crippen molar-refractivity contribution in [3.05, 3.63) is 85.1 Å². The molecular formula is C50H84NO8+. The quantitative estimate of drug-likeness (QED) is 0.0214. The van der Waals surface area contributed by atoms with Crippen molar-refractivity contribution in [3.63, 3.8) is 0 Å². The Morgan fingerprint density at radius 2 is 0.966 bits per heavy atom. The molecule has 0 spiro atoms. The van der Waals surface area contributed by atoms with Gasteiger partial charge in [0.1, 0.15) is 13.2 Å². The van der Waals surface area contributed by atoms with E-state index in [4.69, 9.17) is 18.9 Å². The Balaban J connectivity index is 4.19. The van der Waals surface area contributed by atoms with Gasteiger partial charge in [-0.1, -0.05) is 157 Å². The van der Waals surface area contributed by atoms with Gasteiger partial charge < -0.3 is 28.5 Å². The third kappa shape index (κ3) is 42.4. The number of allylic oxidation sites excluding steroid dienone is 14. The van der Waals surface area contributed by atoms with Crippen LogP contribution in [0.5, 0.6) is 0 Å². The maximum absolute atomic E-state index is 12.7. The summed E-state index contributed by atoms with van der Waals surface area (Å²) in [5, 5.41) is 9.58. The molecule has 9 nitrogen and oxygen atoms in total. The Morgan fingerprint density at radius 1 is 0.525 bits per heavy atom. The van der Waals surface area contributed by atoms with Gasteiger partial charge in [-0.05, 0) is 70.6 Å². The molecule has 9 heteroatoms. The summed E-state index contributed by atoms with van der Waals surface area (Å²) in [6.45, 7) is 4.62. The van der Waals surface area contributed by atoms with Gasteiger partial charge >= 0.3 is 17.9 Å². The lowest BCUT2D eigenvalue weighted by Gasteiger charge is -2.25. The highest BCUT2D eigenvalue weighted by Gasteiger charge is 2.25. The SMILES string of the molecule is CC/C=C\C/C=C\C/C=C\C/C=C\C/C=C\C/C=C\C/C=C\CCCCCCCCCC(=O)OC(COC(=O)CCCCCCC)COC(OCC[N+](C)(C)C)C(=O)O. The summed E-state index contributed by atoms with van der Waals surface area (Å²) in [5.41, 5.74) is 0. The standard InChI is InChI=1S/C50H83NO8/c1-6-8-10-12-13-14-15-16-17-18-19-20-21-22-23-24-25-26-27-28-29-30-31-32-33-34-35-37-39-41-48(53)59-46(44-57-47(52)40-38-36-11-9-7-2)45-58-50(49(54)55)56-43-42-51(3,4)5/h8,10,13-14,16-17,19-20,22-23,25-26,28-29,46,50H,6-7,9,11-12,15,18,21,24,27,30-45H2,1-5H3/p+1/b10-8-,14-13-,17-16-,20-19-,23-22-,26-25-,29-28-. The van der Waals surface area contributed by atoms with Crippen LogP contribution in [0.25, 0.3) is 0 Å². The van der Waals surface area contributed by atoms with Crippen LogP contribution < -0.4 is 0 Å². The number of likely N-dealkylation sites (N-methyl/N-ethyl adjacent to an activating group) is 1. The van der Waals surface area contributed by atoms with Crippen molar-refractivity contribution < 1.29 is 42.9 Å². The number of hydrogen-bond donors (Lipinski definition) is 1. The molecule has 0 aromatic rings. The van der Waals surface area contributed by atoms with Crippen molar-refractivity contribution in [3.8, 4) is 0 Å². The first-order chi connectivity index (χ1) is 28.6. The van der Waals surface area contributed by atoms with Crippen LogP contribution in [0.4, 0.5) is 0 Å². The van der Waals surface area contributed by atoms with Crippen LogP contribution in [-0.2, 0) is 33.3 Å². The molecule has 0 fully saturated rings. The zero-order valence-electron chi connectivity index (χ0n) is 37.9. The topological polar surface area (TPSA) is 108 Å². The Bertz CT molecular complexity index is 1240. The fraction of sp³-hybridized carbons (Fsp3) is 0.660. The first kappa shape index (κ1) is 55.5. The van der Waals surface area contributed by atoms with Crippen molar-refractivity contribution in [2.45, 2.75) is 167 Å². The van der Waals surface area contributed by atoms with Crippen molar-refractivity contribution >= 4 is 17.9 Å². The van der Waals surface area contributed by atoms with Crippen LogP contribution >= 0.6 is 0 Å². The van der Waals surface area contributed by atoms with Crippen LogP contribution in [0.2, 0.25) is 0 Å². The number of carboxylic acid groups (broad SMARTS) is 1. The monoisotopic (exact) mass is 827 g/mol. The summed E-state index contributed by atoms with van der Waals surface area (Å²) in [5.74, 6) is -2.05. The van der Waals surface area contributed by atoms with Gasteiger partial charge in [0, 0.05) is 12.8 Å². The maximum Gasteiger partial charge on any atom is 0.361 e. The zero-order chi connectivity index (χ0) is 43.5. The van der Waals surface area contributed by atoms with Gasteiger partial charge in [0.15, 0.2) is 6.10 Å². The molecular weight excluding hydrogens is 743 g/mol. The van der Waals surface area contributed by atoms with E-state index in [1.165, 1.54) is 19.3 Å². The molecule has 0 aromatic carbocycles. The van der Waals surface area contributed by atoms with Gasteiger partial charge in [-0.15, -0.1) is 0 Å². The van der Waals surface area contributed by atoms with E-state index in [9.17, 15) is 19.5 Å². The molecule has 0 saturated heterocycles. The largest absolute Gasteiger partial charge is 0.477 e. The lowest BCUT2D eigenvalue weighted by atomic mass is 10.1. The number of ether oxygens (including phenoxy) is 4. The van der Waals surface area contributed by atoms with Crippen LogP contribution in [0.15, 0.2) is 85.1 Å². The number of carboxylic acids is 1. The number of carbonyl (C=O) groups excluding carboxylic acids is 2. The van der Waals surface area contributed by atoms with E-state index in [0.29, 0.717) is 23.9 Å². The Kier molecular flexibility index (Phi) is 38.7. The third-order valence-electron chi connectivity index (χ3n) is 9.17. The summed E-state index contributed by atoms with van der Waals surface area (Å²) < 4.78 is 22.5. The number of nitrogens with zero attached hydrogens (tertiary/aromatic N) is 1. The minimum absolute atomic E-state index is 0.181. The number of quaternary nitrogens is 1. The smallest absolute Gasteiger partial charge is 0.361 e. The average molecular weight is 827 g/mol. The van der Waals surface area contributed by atoms with E-state index in [1.807, 2.05) is 21.1 Å². The van der Waals surface area contributed by atoms with Gasteiger partial charge in [0.25, 0.3) is 6.29 Å². The van der Waals surface area contributed by atoms with Gasteiger partial charge in [-0.2, -0.15) is 0 Å². The molecule has 59 heavy (non-hydrogen) atoms. The van der Waals surface area contributed by atoms with E-state index in [1.54, 1.807) is 0 Å². The van der Waals surface area contributed by atoms with Crippen LogP contribution in [0.3, 0.4) is 0 Å². The van der Waals surface area contributed by atoms with Gasteiger partial charge in [-0.25, -0.2) is 4.79 Å². The summed E-state index contributed by atoms with van der Waals surface area (Å²) in [4.78, 5) is 36.8. The molecule has 0 heterocycles. The highest BCUT2D eigenvalue weighted by atomic mass is 16.7. The molecule has 0 aliphatic rings. The number of rotatable bonds is 40. The van der Waals surface area contributed by atoms with E-state index in [-0.39, 0.29) is 32.2 Å². The fourth-order valence-electron chi connectivity index (χ4n) is 5.64. The van der Waals surface area contributed by atoms with E-state index < -0.39 is 24.3 Å². The maximum atomic E-state index is 12.7. The number of aliphatic carboxylic acids is 1. The zero-order valence-corrected chi connectivity index (χ0v) is 37.9. The molecule has 0 aromatic heterocycles. The summed E-state index contributed by atoms with van der Waals surface area (Å²) in [6, 6.07) is 0. The molecule has 336 valence electrons. The fourth-order valence-corrected chi connectivity index (χ4v) is 5.64. The molecule has 2 atom stereocenters. The molecule has 0 bridgehead atoms. The molecule has 0 radical (unpaired) electrons. The molecule has 0 aliphatic heterocycles. The third-order valence-corrected chi connectivity index (χ3v) is 9.17. The first-order valence-corrected chi connectivity index (χ1v) is 22.8. The molecule has 1 N–H and O–H groups in total. The van der Waals surface area contributed by atoms with Gasteiger partial charge in [0.2, 0.25) is 0 Å². The van der Waals surface area contributed by atoms with E-state index in [0.717, 1.165) is 103 Å². The highest BCUT2D eigenvalue weighted by Crippen LogP contribution is 2.13. The van der Waals surface area contributed by atoms with Crippen LogP contribution in [0, 0.1) is 0 Å². The van der Waals surface area contributed by atoms with E-state index >= 15 is 0 Å². The normalized spacial score (nSPS) is 13.7. The van der Waals surface area contributed by atoms with Gasteiger partial charge in [-0.3, -0.25) is 9.59 Å². The van der Waals surface area contributed by atoms with Crippen molar-refractivity contribution in [1.82, 2.24) is 0 Å². The van der Waals surface area contributed by atoms with Crippen molar-refractivity contribution in [2.24, 2.45) is 0 Å². The van der Waals surface area contributed by atoms with Crippen molar-refractivity contribution in [2.75, 3.05) is 47.5 Å². The lowest BCUT2D eigenvalue weighted by molar-refractivity contribution is -0.870. The molecule has 0 saturated carbocycles. The minimum Gasteiger partial charge on any atom is -0.477 e. The van der Waals surface area contributed by atoms with Crippen molar-refractivity contribution in [1.29, 1.82) is 0 Å². The predicted molar refractivity (Wildman–Crippen MR) is 244 cm³/mol. The second-order valence-corrected chi connectivity index (χ2v) is 16.0. The second-order valence-electron chi connectivity index (χ2n) is 16.0. The molecule has 0 aliphatic carbocycles. The van der Waals surface area contributed by atoms with Gasteiger partial charge in [0.05, 0.1) is 34.4 Å². The van der Waals surface area contributed by atoms with E-state index in [2.05, 4.69) is 98.9 Å². The average Bonchev–Trinajstić information content (AvgIpc) is 3.19. The minimum atomic E-state index is -1.51. The predicted octanol–water partition coefficient (Wildman–Crippen LogP) is 12.1. The Morgan fingerprint density at radius 3 is 1.44 bits per heavy atom. The van der Waals surface area contributed by atoms with Crippen LogP contribution in [0.1, 0.15) is 155 Å². The Hall–Kier alpha value is -3.53. The first-order valence-electron chi connectivity index (χ1n) is 22.8. The number of carbonyl (C=O) groups is 3. The number of esters is 2. The molecule has 0 rings (SSSR count). The summed E-state index contributed by atoms with van der Waals surface area (Å²) in [7, 11) is 5.93. The second kappa shape index (κ2) is 41.2. The number of hydrogen-bond acceptors (Lipinski definition) is 7. The lowest BCUT2D eigenvalue weighted by Crippen LogP contribution is -2.40. The molecule has 0 amide bonds. The van der Waals surface area contributed by atoms with Crippen LogP contribution in [-0.4, -0.2) is 87.4 Å². The molecule has 2 unspecified atom stereocenters. The number of unbranched alkanes of at least 4 members (excludes halogenated alkanes) is 11. The summed E-state index contributed by atoms with van der Waals surface area (Å²) >= 11 is 0.